The minimum absolute atomic E-state index is 0.137. The predicted molar refractivity (Wildman–Crippen MR) is 79.7 cm³/mol. The summed E-state index contributed by atoms with van der Waals surface area (Å²) in [5.41, 5.74) is 1.85. The van der Waals surface area contributed by atoms with Gasteiger partial charge in [0.2, 0.25) is 0 Å². The first-order valence-electron chi connectivity index (χ1n) is 6.81. The van der Waals surface area contributed by atoms with Gasteiger partial charge in [0.1, 0.15) is 0 Å². The van der Waals surface area contributed by atoms with Crippen molar-refractivity contribution in [3.8, 4) is 0 Å². The molecule has 0 spiro atoms. The maximum Gasteiger partial charge on any atom is 0.299 e. The summed E-state index contributed by atoms with van der Waals surface area (Å²) >= 11 is 0. The lowest BCUT2D eigenvalue weighted by Gasteiger charge is -2.23. The number of rotatable bonds is 1. The molecule has 2 aliphatic rings. The van der Waals surface area contributed by atoms with Gasteiger partial charge in [-0.25, -0.2) is 8.42 Å². The maximum absolute atomic E-state index is 11.8. The second kappa shape index (κ2) is 4.84. The molecule has 3 rings (SSSR count). The monoisotopic (exact) mass is 308 g/mol. The molecule has 7 heteroatoms. The standard InChI is InChI=1S/C14H16N2O4S/c1-15-12-9-10(3-4-11(12)13(17)14(15)18)16-5-2-7-21(19,20)8-6-16/h3-4,9H,2,5-8H2,1H3. The maximum atomic E-state index is 11.8. The van der Waals surface area contributed by atoms with Gasteiger partial charge >= 0.3 is 0 Å². The van der Waals surface area contributed by atoms with E-state index in [1.165, 1.54) is 4.90 Å². The molecule has 0 atom stereocenters. The van der Waals surface area contributed by atoms with Crippen molar-refractivity contribution in [2.24, 2.45) is 0 Å². The summed E-state index contributed by atoms with van der Waals surface area (Å²) in [7, 11) is -1.39. The number of likely N-dealkylation sites (N-methyl/N-ethyl adjacent to an activating group) is 1. The Labute approximate surface area is 123 Å². The van der Waals surface area contributed by atoms with Crippen LogP contribution in [0.1, 0.15) is 16.8 Å². The van der Waals surface area contributed by atoms with Crippen molar-refractivity contribution < 1.29 is 18.0 Å². The van der Waals surface area contributed by atoms with Gasteiger partial charge < -0.3 is 9.80 Å². The quantitative estimate of drug-likeness (QED) is 0.705. The van der Waals surface area contributed by atoms with Crippen LogP contribution >= 0.6 is 0 Å². The Morgan fingerprint density at radius 3 is 2.62 bits per heavy atom. The largest absolute Gasteiger partial charge is 0.370 e. The molecule has 2 heterocycles. The van der Waals surface area contributed by atoms with Gasteiger partial charge in [0, 0.05) is 25.8 Å². The molecule has 1 aromatic rings. The first-order chi connectivity index (χ1) is 9.89. The van der Waals surface area contributed by atoms with Crippen LogP contribution in [0.15, 0.2) is 18.2 Å². The number of Topliss-reactive ketones (excluding diaryl/α,β-unsaturated/α-hetero) is 1. The van der Waals surface area contributed by atoms with Crippen molar-refractivity contribution in [3.63, 3.8) is 0 Å². The van der Waals surface area contributed by atoms with Gasteiger partial charge in [-0.05, 0) is 24.6 Å². The summed E-state index contributed by atoms with van der Waals surface area (Å²) in [6.07, 6.45) is 0.590. The number of ketones is 1. The molecule has 0 bridgehead atoms. The summed E-state index contributed by atoms with van der Waals surface area (Å²) in [5, 5.41) is 0. The zero-order chi connectivity index (χ0) is 15.2. The van der Waals surface area contributed by atoms with E-state index in [1.807, 2.05) is 4.90 Å². The molecule has 1 aromatic carbocycles. The molecule has 0 aromatic heterocycles. The summed E-state index contributed by atoms with van der Waals surface area (Å²) in [6.45, 7) is 1.09. The van der Waals surface area contributed by atoms with E-state index in [0.29, 0.717) is 30.8 Å². The Balaban J connectivity index is 1.92. The number of fused-ring (bicyclic) bond motifs is 1. The highest BCUT2D eigenvalue weighted by Gasteiger charge is 2.33. The van der Waals surface area contributed by atoms with E-state index in [1.54, 1.807) is 25.2 Å². The van der Waals surface area contributed by atoms with Crippen molar-refractivity contribution in [2.75, 3.05) is 41.4 Å². The van der Waals surface area contributed by atoms with E-state index < -0.39 is 21.5 Å². The number of hydrogen-bond donors (Lipinski definition) is 0. The van der Waals surface area contributed by atoms with Crippen LogP contribution in [-0.4, -0.2) is 51.8 Å². The predicted octanol–water partition coefficient (Wildman–Crippen LogP) is 0.471. The number of amides is 1. The average Bonchev–Trinajstić information content (AvgIpc) is 2.60. The third-order valence-corrected chi connectivity index (χ3v) is 5.72. The number of carbonyl (C=O) groups excluding carboxylic acids is 2. The summed E-state index contributed by atoms with van der Waals surface area (Å²) in [6, 6.07) is 5.21. The summed E-state index contributed by atoms with van der Waals surface area (Å²) in [4.78, 5) is 26.8. The highest BCUT2D eigenvalue weighted by Crippen LogP contribution is 2.32. The van der Waals surface area contributed by atoms with Crippen LogP contribution in [0.2, 0.25) is 0 Å². The van der Waals surface area contributed by atoms with Gasteiger partial charge in [0.05, 0.1) is 22.8 Å². The number of anilines is 2. The molecule has 6 nitrogen and oxygen atoms in total. The molecule has 0 saturated carbocycles. The highest BCUT2D eigenvalue weighted by molar-refractivity contribution is 7.91. The molecule has 0 radical (unpaired) electrons. The normalized spacial score (nSPS) is 21.4. The Morgan fingerprint density at radius 2 is 1.86 bits per heavy atom. The minimum Gasteiger partial charge on any atom is -0.370 e. The van der Waals surface area contributed by atoms with Crippen LogP contribution in [0.5, 0.6) is 0 Å². The number of carbonyl (C=O) groups is 2. The third-order valence-electron chi connectivity index (χ3n) is 4.01. The minimum atomic E-state index is -2.96. The SMILES string of the molecule is CN1C(=O)C(=O)c2ccc(N3CCCS(=O)(=O)CC3)cc21. The number of benzene rings is 1. The smallest absolute Gasteiger partial charge is 0.299 e. The molecule has 112 valence electrons. The van der Waals surface area contributed by atoms with E-state index in [2.05, 4.69) is 0 Å². The van der Waals surface area contributed by atoms with Crippen molar-refractivity contribution in [3.05, 3.63) is 23.8 Å². The van der Waals surface area contributed by atoms with Crippen LogP contribution in [0.25, 0.3) is 0 Å². The Morgan fingerprint density at radius 1 is 1.10 bits per heavy atom. The summed E-state index contributed by atoms with van der Waals surface area (Å²) < 4.78 is 23.3. The van der Waals surface area contributed by atoms with Crippen LogP contribution in [0.4, 0.5) is 11.4 Å². The van der Waals surface area contributed by atoms with E-state index >= 15 is 0 Å². The molecule has 21 heavy (non-hydrogen) atoms. The molecular weight excluding hydrogens is 292 g/mol. The van der Waals surface area contributed by atoms with E-state index in [4.69, 9.17) is 0 Å². The lowest BCUT2D eigenvalue weighted by Crippen LogP contribution is -2.27. The highest BCUT2D eigenvalue weighted by atomic mass is 32.2. The first kappa shape index (κ1) is 14.1. The van der Waals surface area contributed by atoms with Gasteiger partial charge in [0.15, 0.2) is 9.84 Å². The van der Waals surface area contributed by atoms with Crippen LogP contribution in [0.3, 0.4) is 0 Å². The zero-order valence-electron chi connectivity index (χ0n) is 11.7. The lowest BCUT2D eigenvalue weighted by molar-refractivity contribution is -0.114. The van der Waals surface area contributed by atoms with E-state index in [9.17, 15) is 18.0 Å². The first-order valence-corrected chi connectivity index (χ1v) is 8.63. The molecule has 0 unspecified atom stereocenters. The molecule has 0 aliphatic carbocycles. The van der Waals surface area contributed by atoms with Crippen molar-refractivity contribution >= 4 is 32.9 Å². The average molecular weight is 308 g/mol. The van der Waals surface area contributed by atoms with Crippen LogP contribution < -0.4 is 9.80 Å². The topological polar surface area (TPSA) is 74.8 Å². The zero-order valence-corrected chi connectivity index (χ0v) is 12.5. The Kier molecular flexibility index (Phi) is 3.24. The van der Waals surface area contributed by atoms with Gasteiger partial charge in [-0.15, -0.1) is 0 Å². The number of hydrogen-bond acceptors (Lipinski definition) is 5. The molecule has 0 N–H and O–H groups in total. The molecule has 1 saturated heterocycles. The van der Waals surface area contributed by atoms with E-state index in [-0.39, 0.29) is 11.5 Å². The Hall–Kier alpha value is -1.89. The molecule has 1 amide bonds. The molecule has 1 fully saturated rings. The fourth-order valence-corrected chi connectivity index (χ4v) is 4.03. The van der Waals surface area contributed by atoms with Crippen molar-refractivity contribution in [1.29, 1.82) is 0 Å². The number of sulfone groups is 1. The fraction of sp³-hybridized carbons (Fsp3) is 0.429. The van der Waals surface area contributed by atoms with Crippen molar-refractivity contribution in [1.82, 2.24) is 0 Å². The van der Waals surface area contributed by atoms with Gasteiger partial charge in [0.25, 0.3) is 11.7 Å². The Bertz CT molecular complexity index is 726. The van der Waals surface area contributed by atoms with Crippen LogP contribution in [-0.2, 0) is 14.6 Å². The van der Waals surface area contributed by atoms with Gasteiger partial charge in [-0.2, -0.15) is 0 Å². The summed E-state index contributed by atoms with van der Waals surface area (Å²) in [5.74, 6) is -0.665. The van der Waals surface area contributed by atoms with Crippen LogP contribution in [0, 0.1) is 0 Å². The fourth-order valence-electron chi connectivity index (χ4n) is 2.76. The van der Waals surface area contributed by atoms with E-state index in [0.717, 1.165) is 5.69 Å². The lowest BCUT2D eigenvalue weighted by atomic mass is 10.1. The second-order valence-electron chi connectivity index (χ2n) is 5.39. The molecular formula is C14H16N2O4S. The number of nitrogens with zero attached hydrogens (tertiary/aromatic N) is 2. The third kappa shape index (κ3) is 2.42. The van der Waals surface area contributed by atoms with Gasteiger partial charge in [-0.3, -0.25) is 9.59 Å². The molecule has 2 aliphatic heterocycles. The second-order valence-corrected chi connectivity index (χ2v) is 7.69. The van der Waals surface area contributed by atoms with Gasteiger partial charge in [-0.1, -0.05) is 0 Å². The van der Waals surface area contributed by atoms with Crippen molar-refractivity contribution in [2.45, 2.75) is 6.42 Å².